The minimum atomic E-state index is -0.569. The first-order valence-electron chi connectivity index (χ1n) is 4.01. The minimum Gasteiger partial charge on any atom is -0.507 e. The standard InChI is InChI=1S/C10H7ClO3/c1-5-2-6(11)3-7-8(12)4-9(13)14-10(5)7/h2-4,12H,1H3. The highest BCUT2D eigenvalue weighted by molar-refractivity contribution is 6.31. The maximum atomic E-state index is 11.0. The molecule has 0 saturated heterocycles. The van der Waals surface area contributed by atoms with Crippen LogP contribution in [0.1, 0.15) is 5.56 Å². The van der Waals surface area contributed by atoms with Crippen LogP contribution in [0.5, 0.6) is 5.75 Å². The van der Waals surface area contributed by atoms with E-state index >= 15 is 0 Å². The largest absolute Gasteiger partial charge is 0.507 e. The van der Waals surface area contributed by atoms with Gasteiger partial charge in [0.2, 0.25) is 0 Å². The molecule has 1 aromatic carbocycles. The van der Waals surface area contributed by atoms with Crippen molar-refractivity contribution >= 4 is 22.6 Å². The van der Waals surface area contributed by atoms with Crippen molar-refractivity contribution in [3.8, 4) is 5.75 Å². The Kier molecular flexibility index (Phi) is 1.97. The second-order valence-electron chi connectivity index (χ2n) is 3.05. The lowest BCUT2D eigenvalue weighted by molar-refractivity contribution is 0.467. The van der Waals surface area contributed by atoms with Gasteiger partial charge in [0, 0.05) is 5.02 Å². The van der Waals surface area contributed by atoms with E-state index in [2.05, 4.69) is 0 Å². The molecule has 1 heterocycles. The van der Waals surface area contributed by atoms with Crippen molar-refractivity contribution in [2.45, 2.75) is 6.92 Å². The van der Waals surface area contributed by atoms with E-state index in [1.54, 1.807) is 19.1 Å². The van der Waals surface area contributed by atoms with Gasteiger partial charge < -0.3 is 9.52 Å². The van der Waals surface area contributed by atoms with Crippen LogP contribution in [0.3, 0.4) is 0 Å². The van der Waals surface area contributed by atoms with E-state index in [-0.39, 0.29) is 5.75 Å². The lowest BCUT2D eigenvalue weighted by Crippen LogP contribution is -1.96. The minimum absolute atomic E-state index is 0.109. The van der Waals surface area contributed by atoms with Crippen LogP contribution in [0.25, 0.3) is 11.0 Å². The van der Waals surface area contributed by atoms with Crippen molar-refractivity contribution in [1.29, 1.82) is 0 Å². The fourth-order valence-electron chi connectivity index (χ4n) is 1.38. The van der Waals surface area contributed by atoms with Crippen molar-refractivity contribution in [2.24, 2.45) is 0 Å². The summed E-state index contributed by atoms with van der Waals surface area (Å²) in [5.41, 5.74) is 0.528. The SMILES string of the molecule is Cc1cc(Cl)cc2c(O)cc(=O)oc12. The van der Waals surface area contributed by atoms with E-state index in [1.165, 1.54) is 0 Å². The van der Waals surface area contributed by atoms with E-state index in [9.17, 15) is 9.90 Å². The molecule has 14 heavy (non-hydrogen) atoms. The molecule has 0 aliphatic heterocycles. The Morgan fingerprint density at radius 2 is 2.07 bits per heavy atom. The predicted molar refractivity (Wildman–Crippen MR) is 53.9 cm³/mol. The van der Waals surface area contributed by atoms with E-state index in [4.69, 9.17) is 16.0 Å². The number of halogens is 1. The molecule has 0 amide bonds. The fraction of sp³-hybridized carbons (Fsp3) is 0.100. The fourth-order valence-corrected chi connectivity index (χ4v) is 1.65. The van der Waals surface area contributed by atoms with Crippen molar-refractivity contribution < 1.29 is 9.52 Å². The molecule has 3 nitrogen and oxygen atoms in total. The maximum absolute atomic E-state index is 11.0. The zero-order valence-corrected chi connectivity index (χ0v) is 8.13. The Hall–Kier alpha value is -1.48. The van der Waals surface area contributed by atoms with Gasteiger partial charge in [-0.3, -0.25) is 0 Å². The third-order valence-electron chi connectivity index (χ3n) is 1.97. The first kappa shape index (κ1) is 9.09. The van der Waals surface area contributed by atoms with Crippen molar-refractivity contribution in [3.63, 3.8) is 0 Å². The second-order valence-corrected chi connectivity index (χ2v) is 3.49. The van der Waals surface area contributed by atoms with Gasteiger partial charge in [-0.25, -0.2) is 4.79 Å². The molecular weight excluding hydrogens is 204 g/mol. The molecule has 72 valence electrons. The maximum Gasteiger partial charge on any atom is 0.339 e. The summed E-state index contributed by atoms with van der Waals surface area (Å²) in [5.74, 6) is -0.109. The molecule has 0 atom stereocenters. The Balaban J connectivity index is 3.01. The Labute approximate surface area is 84.5 Å². The lowest BCUT2D eigenvalue weighted by atomic mass is 10.1. The number of rotatable bonds is 0. The highest BCUT2D eigenvalue weighted by Crippen LogP contribution is 2.28. The molecular formula is C10H7ClO3. The monoisotopic (exact) mass is 210 g/mol. The number of hydrogen-bond acceptors (Lipinski definition) is 3. The summed E-state index contributed by atoms with van der Waals surface area (Å²) in [6.45, 7) is 1.76. The Morgan fingerprint density at radius 1 is 1.36 bits per heavy atom. The summed E-state index contributed by atoms with van der Waals surface area (Å²) in [4.78, 5) is 11.0. The number of benzene rings is 1. The summed E-state index contributed by atoms with van der Waals surface area (Å²) < 4.78 is 4.95. The van der Waals surface area contributed by atoms with Crippen molar-refractivity contribution in [3.05, 3.63) is 39.2 Å². The molecule has 1 N–H and O–H groups in total. The van der Waals surface area contributed by atoms with Crippen LogP contribution in [0.15, 0.2) is 27.4 Å². The van der Waals surface area contributed by atoms with E-state index in [1.807, 2.05) is 0 Å². The molecule has 0 spiro atoms. The Bertz CT molecular complexity index is 557. The highest BCUT2D eigenvalue weighted by atomic mass is 35.5. The summed E-state index contributed by atoms with van der Waals surface area (Å²) in [5, 5.41) is 10.4. The normalized spacial score (nSPS) is 10.7. The lowest BCUT2D eigenvalue weighted by Gasteiger charge is -2.02. The molecule has 0 unspecified atom stereocenters. The third-order valence-corrected chi connectivity index (χ3v) is 2.19. The molecule has 4 heteroatoms. The van der Waals surface area contributed by atoms with Gasteiger partial charge in [-0.1, -0.05) is 11.6 Å². The Morgan fingerprint density at radius 3 is 2.79 bits per heavy atom. The van der Waals surface area contributed by atoms with Crippen LogP contribution in [0.2, 0.25) is 5.02 Å². The molecule has 1 aromatic heterocycles. The molecule has 2 aromatic rings. The van der Waals surface area contributed by atoms with Gasteiger partial charge in [0.1, 0.15) is 11.3 Å². The molecule has 0 bridgehead atoms. The molecule has 0 fully saturated rings. The molecule has 0 aliphatic rings. The van der Waals surface area contributed by atoms with Gasteiger partial charge in [0.05, 0.1) is 11.5 Å². The number of fused-ring (bicyclic) bond motifs is 1. The van der Waals surface area contributed by atoms with Crippen LogP contribution in [0, 0.1) is 6.92 Å². The average molecular weight is 211 g/mol. The van der Waals surface area contributed by atoms with Gasteiger partial charge in [0.15, 0.2) is 0 Å². The summed E-state index contributed by atoms with van der Waals surface area (Å²) in [6.07, 6.45) is 0. The van der Waals surface area contributed by atoms with Gasteiger partial charge >= 0.3 is 5.63 Å². The van der Waals surface area contributed by atoms with Crippen LogP contribution < -0.4 is 5.63 Å². The zero-order valence-electron chi connectivity index (χ0n) is 7.37. The number of aryl methyl sites for hydroxylation is 1. The highest BCUT2D eigenvalue weighted by Gasteiger charge is 2.07. The van der Waals surface area contributed by atoms with Crippen LogP contribution in [-0.2, 0) is 0 Å². The quantitative estimate of drug-likeness (QED) is 0.680. The number of hydrogen-bond donors (Lipinski definition) is 1. The molecule has 2 rings (SSSR count). The first-order chi connectivity index (χ1) is 6.58. The molecule has 0 radical (unpaired) electrons. The van der Waals surface area contributed by atoms with Crippen LogP contribution >= 0.6 is 11.6 Å². The average Bonchev–Trinajstić information content (AvgIpc) is 2.07. The molecule has 0 saturated carbocycles. The van der Waals surface area contributed by atoms with Crippen LogP contribution in [0.4, 0.5) is 0 Å². The smallest absolute Gasteiger partial charge is 0.339 e. The second kappa shape index (κ2) is 3.03. The van der Waals surface area contributed by atoms with E-state index in [0.717, 1.165) is 11.6 Å². The first-order valence-corrected chi connectivity index (χ1v) is 4.38. The van der Waals surface area contributed by atoms with Gasteiger partial charge in [-0.2, -0.15) is 0 Å². The summed E-state index contributed by atoms with van der Waals surface area (Å²) in [6, 6.07) is 4.26. The predicted octanol–water partition coefficient (Wildman–Crippen LogP) is 2.46. The van der Waals surface area contributed by atoms with E-state index in [0.29, 0.717) is 16.0 Å². The van der Waals surface area contributed by atoms with Gasteiger partial charge in [-0.15, -0.1) is 0 Å². The topological polar surface area (TPSA) is 50.4 Å². The summed E-state index contributed by atoms with van der Waals surface area (Å²) >= 11 is 5.80. The van der Waals surface area contributed by atoms with Crippen LogP contribution in [-0.4, -0.2) is 5.11 Å². The third kappa shape index (κ3) is 1.36. The van der Waals surface area contributed by atoms with Crippen molar-refractivity contribution in [2.75, 3.05) is 0 Å². The zero-order chi connectivity index (χ0) is 10.3. The number of aromatic hydroxyl groups is 1. The van der Waals surface area contributed by atoms with Gasteiger partial charge in [0.25, 0.3) is 0 Å². The van der Waals surface area contributed by atoms with Crippen molar-refractivity contribution in [1.82, 2.24) is 0 Å². The summed E-state index contributed by atoms with van der Waals surface area (Å²) in [7, 11) is 0. The van der Waals surface area contributed by atoms with Gasteiger partial charge in [-0.05, 0) is 24.6 Å². The van der Waals surface area contributed by atoms with E-state index < -0.39 is 5.63 Å². The molecule has 0 aliphatic carbocycles.